The predicted molar refractivity (Wildman–Crippen MR) is 82.9 cm³/mol. The van der Waals surface area contributed by atoms with Gasteiger partial charge in [0.25, 0.3) is 5.91 Å². The molecule has 118 valence electrons. The molecule has 5 heteroatoms. The second kappa shape index (κ2) is 7.13. The van der Waals surface area contributed by atoms with Gasteiger partial charge in [0, 0.05) is 19.7 Å². The minimum atomic E-state index is -0.180. The molecule has 0 spiro atoms. The lowest BCUT2D eigenvalue weighted by Crippen LogP contribution is -2.29. The molecule has 1 aromatic heterocycles. The van der Waals surface area contributed by atoms with Crippen molar-refractivity contribution >= 4 is 5.91 Å². The Hall–Kier alpha value is -2.27. The molecule has 1 heterocycles. The van der Waals surface area contributed by atoms with Crippen LogP contribution in [0.15, 0.2) is 40.8 Å². The molecule has 1 amide bonds. The van der Waals surface area contributed by atoms with Gasteiger partial charge < -0.3 is 18.8 Å². The van der Waals surface area contributed by atoms with Crippen LogP contribution in [0.4, 0.5) is 0 Å². The lowest BCUT2D eigenvalue weighted by Gasteiger charge is -2.25. The Morgan fingerprint density at radius 2 is 1.95 bits per heavy atom. The molecule has 0 bridgehead atoms. The van der Waals surface area contributed by atoms with Crippen LogP contribution in [0.1, 0.15) is 34.8 Å². The van der Waals surface area contributed by atoms with Crippen molar-refractivity contribution in [1.82, 2.24) is 4.90 Å². The van der Waals surface area contributed by atoms with Crippen molar-refractivity contribution in [3.63, 3.8) is 0 Å². The van der Waals surface area contributed by atoms with E-state index < -0.39 is 0 Å². The quantitative estimate of drug-likeness (QED) is 0.822. The average molecular weight is 303 g/mol. The van der Waals surface area contributed by atoms with Gasteiger partial charge in [-0.05, 0) is 25.1 Å². The maximum absolute atomic E-state index is 12.5. The lowest BCUT2D eigenvalue weighted by molar-refractivity contribution is 0.0701. The standard InChI is InChI=1S/C17H21NO4/c1-12(14-7-5-6-8-15(14)21-4)18(2)17(19)16-10-9-13(22-16)11-20-3/h5-10,12H,11H2,1-4H3. The van der Waals surface area contributed by atoms with Gasteiger partial charge in [0.2, 0.25) is 0 Å². The topological polar surface area (TPSA) is 51.9 Å². The molecular formula is C17H21NO4. The first-order valence-electron chi connectivity index (χ1n) is 7.06. The minimum Gasteiger partial charge on any atom is -0.496 e. The first kappa shape index (κ1) is 16.1. The van der Waals surface area contributed by atoms with Crippen LogP contribution in [-0.4, -0.2) is 32.1 Å². The highest BCUT2D eigenvalue weighted by atomic mass is 16.5. The van der Waals surface area contributed by atoms with E-state index in [2.05, 4.69) is 0 Å². The Morgan fingerprint density at radius 1 is 1.23 bits per heavy atom. The Kier molecular flexibility index (Phi) is 5.22. The Labute approximate surface area is 130 Å². The number of hydrogen-bond donors (Lipinski definition) is 0. The van der Waals surface area contributed by atoms with Gasteiger partial charge in [0.1, 0.15) is 18.1 Å². The molecule has 1 atom stereocenters. The summed E-state index contributed by atoms with van der Waals surface area (Å²) in [7, 11) is 4.95. The Bertz CT molecular complexity index is 635. The number of methoxy groups -OCH3 is 2. The summed E-state index contributed by atoms with van der Waals surface area (Å²) in [4.78, 5) is 14.2. The van der Waals surface area contributed by atoms with E-state index in [9.17, 15) is 4.79 Å². The predicted octanol–water partition coefficient (Wildman–Crippen LogP) is 3.27. The number of benzene rings is 1. The van der Waals surface area contributed by atoms with Crippen LogP contribution in [0.25, 0.3) is 0 Å². The van der Waals surface area contributed by atoms with Crippen molar-refractivity contribution in [3.05, 3.63) is 53.5 Å². The van der Waals surface area contributed by atoms with Gasteiger partial charge in [0.05, 0.1) is 13.2 Å². The van der Waals surface area contributed by atoms with Crippen LogP contribution < -0.4 is 4.74 Å². The lowest BCUT2D eigenvalue weighted by atomic mass is 10.1. The summed E-state index contributed by atoms with van der Waals surface area (Å²) in [6.45, 7) is 2.30. The van der Waals surface area contributed by atoms with Crippen molar-refractivity contribution in [1.29, 1.82) is 0 Å². The highest BCUT2D eigenvalue weighted by Crippen LogP contribution is 2.29. The summed E-state index contributed by atoms with van der Waals surface area (Å²) < 4.78 is 15.9. The number of carbonyl (C=O) groups is 1. The molecule has 22 heavy (non-hydrogen) atoms. The summed E-state index contributed by atoms with van der Waals surface area (Å²) in [6.07, 6.45) is 0. The number of ether oxygens (including phenoxy) is 2. The van der Waals surface area contributed by atoms with E-state index in [-0.39, 0.29) is 11.9 Å². The molecule has 0 aliphatic heterocycles. The fourth-order valence-electron chi connectivity index (χ4n) is 2.28. The summed E-state index contributed by atoms with van der Waals surface area (Å²) in [6, 6.07) is 10.9. The van der Waals surface area contributed by atoms with Crippen molar-refractivity contribution in [3.8, 4) is 5.75 Å². The molecule has 2 aromatic rings. The zero-order chi connectivity index (χ0) is 16.1. The van der Waals surface area contributed by atoms with Gasteiger partial charge >= 0.3 is 0 Å². The second-order valence-corrected chi connectivity index (χ2v) is 5.03. The number of furan rings is 1. The molecule has 2 rings (SSSR count). The fourth-order valence-corrected chi connectivity index (χ4v) is 2.28. The Morgan fingerprint density at radius 3 is 2.64 bits per heavy atom. The molecule has 5 nitrogen and oxygen atoms in total. The fraction of sp³-hybridized carbons (Fsp3) is 0.353. The summed E-state index contributed by atoms with van der Waals surface area (Å²) in [5.41, 5.74) is 0.949. The third-order valence-electron chi connectivity index (χ3n) is 3.65. The Balaban J connectivity index is 2.18. The second-order valence-electron chi connectivity index (χ2n) is 5.03. The zero-order valence-electron chi connectivity index (χ0n) is 13.3. The number of para-hydroxylation sites is 1. The SMILES string of the molecule is COCc1ccc(C(=O)N(C)C(C)c2ccccc2OC)o1. The summed E-state index contributed by atoms with van der Waals surface area (Å²) >= 11 is 0. The largest absolute Gasteiger partial charge is 0.496 e. The van der Waals surface area contributed by atoms with Gasteiger partial charge in [-0.2, -0.15) is 0 Å². The van der Waals surface area contributed by atoms with E-state index in [1.54, 1.807) is 38.3 Å². The number of rotatable bonds is 6. The first-order chi connectivity index (χ1) is 10.6. The van der Waals surface area contributed by atoms with Crippen LogP contribution in [0, 0.1) is 0 Å². The van der Waals surface area contributed by atoms with Gasteiger partial charge in [-0.1, -0.05) is 18.2 Å². The first-order valence-corrected chi connectivity index (χ1v) is 7.06. The molecule has 0 saturated heterocycles. The third kappa shape index (κ3) is 3.31. The monoisotopic (exact) mass is 303 g/mol. The van der Waals surface area contributed by atoms with E-state index in [1.165, 1.54) is 0 Å². The van der Waals surface area contributed by atoms with Crippen molar-refractivity contribution in [2.45, 2.75) is 19.6 Å². The molecule has 0 aliphatic rings. The molecule has 0 aliphatic carbocycles. The van der Waals surface area contributed by atoms with E-state index >= 15 is 0 Å². The maximum Gasteiger partial charge on any atom is 0.289 e. The highest BCUT2D eigenvalue weighted by Gasteiger charge is 2.23. The van der Waals surface area contributed by atoms with Crippen LogP contribution in [0.5, 0.6) is 5.75 Å². The van der Waals surface area contributed by atoms with Gasteiger partial charge in [0.15, 0.2) is 5.76 Å². The minimum absolute atomic E-state index is 0.139. The number of nitrogens with zero attached hydrogens (tertiary/aromatic N) is 1. The molecule has 1 unspecified atom stereocenters. The highest BCUT2D eigenvalue weighted by molar-refractivity contribution is 5.91. The molecule has 0 saturated carbocycles. The van der Waals surface area contributed by atoms with Crippen LogP contribution >= 0.6 is 0 Å². The number of carbonyl (C=O) groups excluding carboxylic acids is 1. The van der Waals surface area contributed by atoms with Gasteiger partial charge in [-0.25, -0.2) is 0 Å². The number of amides is 1. The normalized spacial score (nSPS) is 12.0. The van der Waals surface area contributed by atoms with E-state index in [1.807, 2.05) is 31.2 Å². The van der Waals surface area contributed by atoms with Crippen molar-refractivity contribution in [2.75, 3.05) is 21.3 Å². The van der Waals surface area contributed by atoms with Crippen LogP contribution in [0.2, 0.25) is 0 Å². The van der Waals surface area contributed by atoms with Gasteiger partial charge in [-0.15, -0.1) is 0 Å². The van der Waals surface area contributed by atoms with Gasteiger partial charge in [-0.3, -0.25) is 4.79 Å². The molecule has 0 fully saturated rings. The smallest absolute Gasteiger partial charge is 0.289 e. The van der Waals surface area contributed by atoms with E-state index in [4.69, 9.17) is 13.9 Å². The molecular weight excluding hydrogens is 282 g/mol. The molecule has 1 aromatic carbocycles. The maximum atomic E-state index is 12.5. The molecule has 0 N–H and O–H groups in total. The third-order valence-corrected chi connectivity index (χ3v) is 3.65. The summed E-state index contributed by atoms with van der Waals surface area (Å²) in [5, 5.41) is 0. The zero-order valence-corrected chi connectivity index (χ0v) is 13.3. The summed E-state index contributed by atoms with van der Waals surface area (Å²) in [5.74, 6) is 1.51. The van der Waals surface area contributed by atoms with E-state index in [0.29, 0.717) is 18.1 Å². The number of hydrogen-bond acceptors (Lipinski definition) is 4. The van der Waals surface area contributed by atoms with Crippen LogP contribution in [0.3, 0.4) is 0 Å². The average Bonchev–Trinajstić information content (AvgIpc) is 3.01. The van der Waals surface area contributed by atoms with Crippen LogP contribution in [-0.2, 0) is 11.3 Å². The van der Waals surface area contributed by atoms with E-state index in [0.717, 1.165) is 11.3 Å². The van der Waals surface area contributed by atoms with Crippen molar-refractivity contribution < 1.29 is 18.7 Å². The molecule has 0 radical (unpaired) electrons. The van der Waals surface area contributed by atoms with Crippen molar-refractivity contribution in [2.24, 2.45) is 0 Å².